The number of hydrogen-bond donors (Lipinski definition) is 3. The highest BCUT2D eigenvalue weighted by molar-refractivity contribution is 6.08. The van der Waals surface area contributed by atoms with Crippen LogP contribution >= 0.6 is 0 Å². The van der Waals surface area contributed by atoms with Gasteiger partial charge in [0, 0.05) is 11.1 Å². The van der Waals surface area contributed by atoms with Gasteiger partial charge in [-0.05, 0) is 24.3 Å². The molecule has 4 rings (SSSR count). The van der Waals surface area contributed by atoms with Gasteiger partial charge >= 0.3 is 5.97 Å². The number of carbonyl (C=O) groups excluding carboxylic acids is 1. The lowest BCUT2D eigenvalue weighted by molar-refractivity contribution is 0.0696. The minimum Gasteiger partial charge on any atom is -0.504 e. The van der Waals surface area contributed by atoms with Gasteiger partial charge in [-0.1, -0.05) is 91.0 Å². The molecule has 156 valence electrons. The average molecular weight is 414 g/mol. The topological polar surface area (TPSA) is 94.8 Å². The van der Waals surface area contributed by atoms with Crippen molar-refractivity contribution in [3.05, 3.63) is 132 Å². The Balaban J connectivity index is 0.000000175. The maximum Gasteiger partial charge on any atom is 0.335 e. The lowest BCUT2D eigenvalue weighted by atomic mass is 10.0. The molecule has 0 aromatic heterocycles. The van der Waals surface area contributed by atoms with Crippen LogP contribution in [-0.4, -0.2) is 27.1 Å². The van der Waals surface area contributed by atoms with E-state index in [1.54, 1.807) is 42.5 Å². The average Bonchev–Trinajstić information content (AvgIpc) is 2.83. The summed E-state index contributed by atoms with van der Waals surface area (Å²) in [5.41, 5.74) is 1.80. The summed E-state index contributed by atoms with van der Waals surface area (Å²) >= 11 is 0. The number of phenolic OH excluding ortho intramolecular Hbond substituents is 2. The van der Waals surface area contributed by atoms with Gasteiger partial charge in [0.15, 0.2) is 17.3 Å². The Morgan fingerprint density at radius 1 is 0.452 bits per heavy atom. The molecule has 0 spiro atoms. The van der Waals surface area contributed by atoms with Crippen molar-refractivity contribution in [2.45, 2.75) is 0 Å². The summed E-state index contributed by atoms with van der Waals surface area (Å²) in [6.45, 7) is 0. The van der Waals surface area contributed by atoms with Gasteiger partial charge in [-0.2, -0.15) is 0 Å². The first kappa shape index (κ1) is 22.9. The lowest BCUT2D eigenvalue weighted by Crippen LogP contribution is -1.99. The van der Waals surface area contributed by atoms with E-state index >= 15 is 0 Å². The highest BCUT2D eigenvalue weighted by Gasteiger charge is 2.06. The number of benzene rings is 4. The van der Waals surface area contributed by atoms with Crippen molar-refractivity contribution < 1.29 is 24.9 Å². The molecule has 0 unspecified atom stereocenters. The third kappa shape index (κ3) is 7.87. The Kier molecular flexibility index (Phi) is 9.04. The molecule has 0 saturated carbocycles. The third-order valence-electron chi connectivity index (χ3n) is 3.97. The summed E-state index contributed by atoms with van der Waals surface area (Å²) in [6.07, 6.45) is 0. The molecule has 4 aromatic carbocycles. The largest absolute Gasteiger partial charge is 0.504 e. The van der Waals surface area contributed by atoms with Gasteiger partial charge in [-0.3, -0.25) is 4.79 Å². The number of aromatic carboxylic acids is 1. The SMILES string of the molecule is O=C(O)c1ccccc1.O=C(c1ccccc1)c1ccccc1.Oc1ccccc1O. The van der Waals surface area contributed by atoms with Crippen molar-refractivity contribution >= 4 is 11.8 Å². The number of carboxylic acids is 1. The fourth-order valence-corrected chi connectivity index (χ4v) is 2.39. The normalized spacial score (nSPS) is 9.29. The molecule has 0 aliphatic carbocycles. The van der Waals surface area contributed by atoms with Gasteiger partial charge in [0.2, 0.25) is 0 Å². The van der Waals surface area contributed by atoms with Crippen LogP contribution in [0.4, 0.5) is 0 Å². The molecule has 0 heterocycles. The molecule has 3 N–H and O–H groups in total. The maximum absolute atomic E-state index is 11.8. The van der Waals surface area contributed by atoms with Crippen molar-refractivity contribution in [3.63, 3.8) is 0 Å². The highest BCUT2D eigenvalue weighted by atomic mass is 16.4. The first-order chi connectivity index (χ1) is 15.0. The predicted octanol–water partition coefficient (Wildman–Crippen LogP) is 5.40. The van der Waals surface area contributed by atoms with Crippen LogP contribution in [0, 0.1) is 0 Å². The molecular formula is C26H22O5. The Bertz CT molecular complexity index is 1020. The van der Waals surface area contributed by atoms with Crippen LogP contribution in [0.15, 0.2) is 115 Å². The van der Waals surface area contributed by atoms with E-state index in [-0.39, 0.29) is 17.3 Å². The minimum absolute atomic E-state index is 0.0752. The molecular weight excluding hydrogens is 392 g/mol. The molecule has 0 radical (unpaired) electrons. The second-order valence-corrected chi connectivity index (χ2v) is 6.22. The summed E-state index contributed by atoms with van der Waals surface area (Å²) in [5, 5.41) is 25.7. The van der Waals surface area contributed by atoms with Crippen LogP contribution < -0.4 is 0 Å². The van der Waals surface area contributed by atoms with Gasteiger partial charge in [-0.15, -0.1) is 0 Å². The van der Waals surface area contributed by atoms with E-state index in [9.17, 15) is 9.59 Å². The third-order valence-corrected chi connectivity index (χ3v) is 3.97. The van der Waals surface area contributed by atoms with Gasteiger partial charge in [0.25, 0.3) is 0 Å². The number of carbonyl (C=O) groups is 2. The molecule has 31 heavy (non-hydrogen) atoms. The van der Waals surface area contributed by atoms with E-state index in [0.29, 0.717) is 5.56 Å². The second kappa shape index (κ2) is 12.2. The number of carboxylic acid groups (broad SMARTS) is 1. The summed E-state index contributed by atoms with van der Waals surface area (Å²) in [4.78, 5) is 22.0. The van der Waals surface area contributed by atoms with Crippen LogP contribution in [0.3, 0.4) is 0 Å². The summed E-state index contributed by atoms with van der Waals surface area (Å²) < 4.78 is 0. The Morgan fingerprint density at radius 2 is 0.742 bits per heavy atom. The van der Waals surface area contributed by atoms with Crippen molar-refractivity contribution in [1.82, 2.24) is 0 Å². The first-order valence-corrected chi connectivity index (χ1v) is 9.39. The van der Waals surface area contributed by atoms with Gasteiger partial charge in [0.05, 0.1) is 5.56 Å². The smallest absolute Gasteiger partial charge is 0.335 e. The van der Waals surface area contributed by atoms with E-state index in [2.05, 4.69) is 0 Å². The molecule has 0 aliphatic heterocycles. The number of hydrogen-bond acceptors (Lipinski definition) is 4. The van der Waals surface area contributed by atoms with E-state index in [0.717, 1.165) is 11.1 Å². The molecule has 0 bridgehead atoms. The lowest BCUT2D eigenvalue weighted by Gasteiger charge is -1.99. The van der Waals surface area contributed by atoms with Crippen molar-refractivity contribution in [3.8, 4) is 11.5 Å². The van der Waals surface area contributed by atoms with Crippen molar-refractivity contribution in [2.75, 3.05) is 0 Å². The van der Waals surface area contributed by atoms with Gasteiger partial charge in [0.1, 0.15) is 0 Å². The zero-order chi connectivity index (χ0) is 22.5. The minimum atomic E-state index is -0.879. The molecule has 0 atom stereocenters. The Labute approximate surface area is 180 Å². The number of phenols is 2. The summed E-state index contributed by atoms with van der Waals surface area (Å²) in [5.74, 6) is -0.957. The van der Waals surface area contributed by atoms with E-state index in [4.69, 9.17) is 15.3 Å². The monoisotopic (exact) mass is 414 g/mol. The number of aromatic hydroxyl groups is 2. The Morgan fingerprint density at radius 3 is 1.00 bits per heavy atom. The van der Waals surface area contributed by atoms with Crippen LogP contribution in [0.1, 0.15) is 26.3 Å². The van der Waals surface area contributed by atoms with Gasteiger partial charge < -0.3 is 15.3 Å². The highest BCUT2D eigenvalue weighted by Crippen LogP contribution is 2.21. The van der Waals surface area contributed by atoms with Crippen molar-refractivity contribution in [2.24, 2.45) is 0 Å². The molecule has 5 nitrogen and oxygen atoms in total. The predicted molar refractivity (Wildman–Crippen MR) is 119 cm³/mol. The van der Waals surface area contributed by atoms with Crippen LogP contribution in [-0.2, 0) is 0 Å². The number of ketones is 1. The molecule has 4 aromatic rings. The standard InChI is InChI=1S/C13H10O.C7H6O2.C6H6O2/c14-13(11-7-3-1-4-8-11)12-9-5-2-6-10-12;8-7(9)6-4-2-1-3-5-6;7-5-3-1-2-4-6(5)8/h1-10H;1-5H,(H,8,9);1-4,7-8H. The molecule has 0 fully saturated rings. The van der Waals surface area contributed by atoms with Crippen molar-refractivity contribution in [1.29, 1.82) is 0 Å². The quantitative estimate of drug-likeness (QED) is 0.308. The maximum atomic E-state index is 11.8. The zero-order valence-electron chi connectivity index (χ0n) is 16.6. The van der Waals surface area contributed by atoms with Gasteiger partial charge in [-0.25, -0.2) is 4.79 Å². The van der Waals surface area contributed by atoms with Crippen LogP contribution in [0.5, 0.6) is 11.5 Å². The van der Waals surface area contributed by atoms with E-state index < -0.39 is 5.97 Å². The molecule has 0 amide bonds. The van der Waals surface area contributed by atoms with E-state index in [1.807, 2.05) is 60.7 Å². The fraction of sp³-hybridized carbons (Fsp3) is 0. The number of rotatable bonds is 3. The van der Waals surface area contributed by atoms with Crippen LogP contribution in [0.2, 0.25) is 0 Å². The fourth-order valence-electron chi connectivity index (χ4n) is 2.39. The molecule has 0 aliphatic rings. The Hall–Kier alpha value is -4.38. The molecule has 5 heteroatoms. The van der Waals surface area contributed by atoms with Crippen LogP contribution in [0.25, 0.3) is 0 Å². The summed E-state index contributed by atoms with van der Waals surface area (Å²) in [6, 6.07) is 33.1. The number of para-hydroxylation sites is 2. The zero-order valence-corrected chi connectivity index (χ0v) is 16.6. The first-order valence-electron chi connectivity index (χ1n) is 9.39. The van der Waals surface area contributed by atoms with E-state index in [1.165, 1.54) is 12.1 Å². The summed E-state index contributed by atoms with van der Waals surface area (Å²) in [7, 11) is 0. The molecule has 0 saturated heterocycles. The second-order valence-electron chi connectivity index (χ2n) is 6.22.